The Hall–Kier alpha value is -4.59. The van der Waals surface area contributed by atoms with Crippen molar-refractivity contribution >= 4 is 28.9 Å². The van der Waals surface area contributed by atoms with Gasteiger partial charge in [-0.25, -0.2) is 9.59 Å². The van der Waals surface area contributed by atoms with E-state index in [0.717, 1.165) is 44.4 Å². The minimum Gasteiger partial charge on any atom is -0.467 e. The standard InChI is InChI=1S/C33H33N3O5/c1-20-26(25-14-7-8-15-28(25)34-20)18-29(32(38)40-2)35-31(37)30-16-9-17-36(30)33(39)41-19-27-23-12-5-3-10-21(23)22-11-4-6-13-24(22)27/h3-8,10-15,27,29-30,34H,9,16-19H2,1-2H3,(H,35,37)/t29-,30-/m0/s1. The van der Waals surface area contributed by atoms with Crippen LogP contribution in [0.4, 0.5) is 4.79 Å². The van der Waals surface area contributed by atoms with Crippen LogP contribution >= 0.6 is 0 Å². The molecule has 8 heteroatoms. The van der Waals surface area contributed by atoms with Gasteiger partial charge >= 0.3 is 12.1 Å². The Morgan fingerprint density at radius 1 is 0.976 bits per heavy atom. The van der Waals surface area contributed by atoms with Gasteiger partial charge in [0.15, 0.2) is 0 Å². The summed E-state index contributed by atoms with van der Waals surface area (Å²) in [5.74, 6) is -0.984. The number of methoxy groups -OCH3 is 1. The maximum atomic E-state index is 13.5. The first-order valence-electron chi connectivity index (χ1n) is 14.0. The van der Waals surface area contributed by atoms with Crippen LogP contribution in [0.15, 0.2) is 72.8 Å². The molecule has 0 saturated carbocycles. The summed E-state index contributed by atoms with van der Waals surface area (Å²) in [7, 11) is 1.31. The number of aromatic nitrogens is 1. The fourth-order valence-electron chi connectivity index (χ4n) is 6.34. The number of carbonyl (C=O) groups excluding carboxylic acids is 3. The molecule has 2 aliphatic rings. The largest absolute Gasteiger partial charge is 0.467 e. The summed E-state index contributed by atoms with van der Waals surface area (Å²) in [5.41, 5.74) is 7.40. The van der Waals surface area contributed by atoms with Gasteiger partial charge in [-0.2, -0.15) is 0 Å². The number of nitrogens with one attached hydrogen (secondary N) is 2. The molecule has 210 valence electrons. The fourth-order valence-corrected chi connectivity index (χ4v) is 6.34. The minimum absolute atomic E-state index is 0.0654. The average molecular weight is 552 g/mol. The van der Waals surface area contributed by atoms with Crippen molar-refractivity contribution in [2.45, 2.75) is 44.2 Å². The second-order valence-corrected chi connectivity index (χ2v) is 10.7. The Kier molecular flexibility index (Phi) is 7.22. The summed E-state index contributed by atoms with van der Waals surface area (Å²) in [6, 6.07) is 22.6. The smallest absolute Gasteiger partial charge is 0.410 e. The molecular weight excluding hydrogens is 518 g/mol. The number of amides is 2. The van der Waals surface area contributed by atoms with E-state index in [9.17, 15) is 14.4 Å². The van der Waals surface area contributed by atoms with Crippen molar-refractivity contribution < 1.29 is 23.9 Å². The Balaban J connectivity index is 1.15. The first-order chi connectivity index (χ1) is 20.0. The van der Waals surface area contributed by atoms with E-state index in [0.29, 0.717) is 19.4 Å². The molecule has 1 aliphatic carbocycles. The Morgan fingerprint density at radius 2 is 1.63 bits per heavy atom. The number of rotatable bonds is 7. The molecule has 2 heterocycles. The number of benzene rings is 3. The number of esters is 1. The maximum absolute atomic E-state index is 13.5. The molecule has 3 aromatic carbocycles. The predicted octanol–water partition coefficient (Wildman–Crippen LogP) is 5.09. The molecule has 2 atom stereocenters. The van der Waals surface area contributed by atoms with Crippen LogP contribution in [0.25, 0.3) is 22.0 Å². The van der Waals surface area contributed by atoms with Gasteiger partial charge in [0, 0.05) is 35.5 Å². The van der Waals surface area contributed by atoms with E-state index in [1.165, 1.54) is 12.0 Å². The van der Waals surface area contributed by atoms with E-state index in [-0.39, 0.29) is 24.9 Å². The second kappa shape index (κ2) is 11.1. The Bertz CT molecular complexity index is 1580. The first kappa shape index (κ1) is 26.6. The van der Waals surface area contributed by atoms with Gasteiger partial charge in [-0.05, 0) is 53.6 Å². The molecule has 0 unspecified atom stereocenters. The van der Waals surface area contributed by atoms with E-state index in [1.54, 1.807) is 0 Å². The zero-order chi connectivity index (χ0) is 28.5. The lowest BCUT2D eigenvalue weighted by Gasteiger charge is -2.26. The third kappa shape index (κ3) is 4.94. The van der Waals surface area contributed by atoms with Crippen molar-refractivity contribution in [2.24, 2.45) is 0 Å². The second-order valence-electron chi connectivity index (χ2n) is 10.7. The summed E-state index contributed by atoms with van der Waals surface area (Å²) >= 11 is 0. The van der Waals surface area contributed by atoms with Crippen LogP contribution in [-0.4, -0.2) is 60.2 Å². The lowest BCUT2D eigenvalue weighted by atomic mass is 9.98. The molecule has 0 bridgehead atoms. The zero-order valence-electron chi connectivity index (χ0n) is 23.2. The summed E-state index contributed by atoms with van der Waals surface area (Å²) in [4.78, 5) is 44.3. The maximum Gasteiger partial charge on any atom is 0.410 e. The number of para-hydroxylation sites is 1. The van der Waals surface area contributed by atoms with Gasteiger partial charge in [-0.3, -0.25) is 9.69 Å². The number of hydrogen-bond acceptors (Lipinski definition) is 5. The third-order valence-corrected chi connectivity index (χ3v) is 8.36. The summed E-state index contributed by atoms with van der Waals surface area (Å²) in [5, 5.41) is 3.87. The zero-order valence-corrected chi connectivity index (χ0v) is 23.2. The molecule has 1 aliphatic heterocycles. The van der Waals surface area contributed by atoms with Crippen molar-refractivity contribution in [3.8, 4) is 11.1 Å². The van der Waals surface area contributed by atoms with Crippen molar-refractivity contribution in [2.75, 3.05) is 20.3 Å². The van der Waals surface area contributed by atoms with Crippen LogP contribution in [0, 0.1) is 6.92 Å². The highest BCUT2D eigenvalue weighted by atomic mass is 16.6. The van der Waals surface area contributed by atoms with E-state index in [2.05, 4.69) is 34.6 Å². The average Bonchev–Trinajstić information content (AvgIpc) is 3.70. The number of likely N-dealkylation sites (tertiary alicyclic amines) is 1. The molecule has 2 amide bonds. The molecule has 1 fully saturated rings. The summed E-state index contributed by atoms with van der Waals surface area (Å²) in [6.07, 6.45) is 0.918. The summed E-state index contributed by atoms with van der Waals surface area (Å²) < 4.78 is 10.9. The topological polar surface area (TPSA) is 101 Å². The van der Waals surface area contributed by atoms with Crippen molar-refractivity contribution in [1.29, 1.82) is 0 Å². The molecule has 1 saturated heterocycles. The van der Waals surface area contributed by atoms with Gasteiger partial charge in [0.05, 0.1) is 7.11 Å². The number of hydrogen-bond donors (Lipinski definition) is 2. The van der Waals surface area contributed by atoms with Crippen LogP contribution in [0.2, 0.25) is 0 Å². The summed E-state index contributed by atoms with van der Waals surface area (Å²) in [6.45, 7) is 2.54. The van der Waals surface area contributed by atoms with Crippen LogP contribution in [0.1, 0.15) is 41.1 Å². The normalized spacial score (nSPS) is 16.7. The van der Waals surface area contributed by atoms with Gasteiger partial charge in [-0.1, -0.05) is 66.7 Å². The number of nitrogens with zero attached hydrogens (tertiary/aromatic N) is 1. The highest BCUT2D eigenvalue weighted by Crippen LogP contribution is 2.44. The number of aromatic amines is 1. The minimum atomic E-state index is -0.893. The van der Waals surface area contributed by atoms with Crippen LogP contribution in [0.5, 0.6) is 0 Å². The van der Waals surface area contributed by atoms with Gasteiger partial charge in [0.1, 0.15) is 18.7 Å². The first-order valence-corrected chi connectivity index (χ1v) is 14.0. The van der Waals surface area contributed by atoms with Gasteiger partial charge < -0.3 is 19.8 Å². The number of H-pyrrole nitrogens is 1. The molecule has 0 spiro atoms. The molecule has 41 heavy (non-hydrogen) atoms. The van der Waals surface area contributed by atoms with E-state index >= 15 is 0 Å². The Morgan fingerprint density at radius 3 is 2.34 bits per heavy atom. The van der Waals surface area contributed by atoms with Crippen LogP contribution in [-0.2, 0) is 25.5 Å². The Labute approximate surface area is 238 Å². The van der Waals surface area contributed by atoms with Crippen molar-refractivity contribution in [3.05, 3.63) is 95.2 Å². The molecule has 0 radical (unpaired) electrons. The number of fused-ring (bicyclic) bond motifs is 4. The molecule has 4 aromatic rings. The SMILES string of the molecule is COC(=O)[C@H](Cc1c(C)[nH]c2ccccc12)NC(=O)[C@@H]1CCCN1C(=O)OCC1c2ccccc2-c2ccccc21. The van der Waals surface area contributed by atoms with Gasteiger partial charge in [0.25, 0.3) is 0 Å². The van der Waals surface area contributed by atoms with Gasteiger partial charge in [-0.15, -0.1) is 0 Å². The lowest BCUT2D eigenvalue weighted by Crippen LogP contribution is -2.52. The van der Waals surface area contributed by atoms with E-state index < -0.39 is 24.1 Å². The molecule has 2 N–H and O–H groups in total. The number of aryl methyl sites for hydroxylation is 1. The van der Waals surface area contributed by atoms with E-state index in [4.69, 9.17) is 9.47 Å². The van der Waals surface area contributed by atoms with Crippen LogP contribution in [0.3, 0.4) is 0 Å². The highest BCUT2D eigenvalue weighted by Gasteiger charge is 2.38. The van der Waals surface area contributed by atoms with Crippen molar-refractivity contribution in [3.63, 3.8) is 0 Å². The monoisotopic (exact) mass is 551 g/mol. The molecular formula is C33H33N3O5. The van der Waals surface area contributed by atoms with Crippen LogP contribution < -0.4 is 5.32 Å². The molecule has 8 nitrogen and oxygen atoms in total. The highest BCUT2D eigenvalue weighted by molar-refractivity contribution is 5.91. The van der Waals surface area contributed by atoms with E-state index in [1.807, 2.05) is 55.5 Å². The van der Waals surface area contributed by atoms with Crippen molar-refractivity contribution in [1.82, 2.24) is 15.2 Å². The van der Waals surface area contributed by atoms with Gasteiger partial charge in [0.2, 0.25) is 5.91 Å². The third-order valence-electron chi connectivity index (χ3n) is 8.36. The number of carbonyl (C=O) groups is 3. The molecule has 6 rings (SSSR count). The predicted molar refractivity (Wildman–Crippen MR) is 155 cm³/mol. The fraction of sp³-hybridized carbons (Fsp3) is 0.303. The lowest BCUT2D eigenvalue weighted by molar-refractivity contribution is -0.145. The molecule has 1 aromatic heterocycles. The quantitative estimate of drug-likeness (QED) is 0.312. The number of ether oxygens (including phenoxy) is 2.